The molecule has 7 heteroatoms. The van der Waals surface area contributed by atoms with Crippen LogP contribution >= 0.6 is 11.6 Å². The average Bonchev–Trinajstić information content (AvgIpc) is 2.92. The second-order valence-corrected chi connectivity index (χ2v) is 8.43. The number of hydrogen-bond acceptors (Lipinski definition) is 5. The first-order valence-electron chi connectivity index (χ1n) is 9.73. The molecule has 0 aliphatic carbocycles. The van der Waals surface area contributed by atoms with Crippen LogP contribution in [0.1, 0.15) is 24.8 Å². The highest BCUT2D eigenvalue weighted by Crippen LogP contribution is 2.52. The number of hydrogen-bond donors (Lipinski definition) is 1. The molecule has 1 saturated heterocycles. The fourth-order valence-electron chi connectivity index (χ4n) is 4.63. The molecule has 2 spiro atoms. The van der Waals surface area contributed by atoms with Gasteiger partial charge in [-0.15, -0.1) is 0 Å². The minimum absolute atomic E-state index is 0.117. The fraction of sp³-hybridized carbons (Fsp3) is 0.364. The van der Waals surface area contributed by atoms with E-state index in [9.17, 15) is 4.79 Å². The minimum atomic E-state index is -1.07. The number of carbonyl (C=O) groups excluding carboxylic acids is 1. The van der Waals surface area contributed by atoms with Gasteiger partial charge in [-0.1, -0.05) is 29.8 Å². The summed E-state index contributed by atoms with van der Waals surface area (Å²) in [5.74, 6) is 0.802. The van der Waals surface area contributed by atoms with Crippen molar-refractivity contribution in [2.45, 2.75) is 30.4 Å². The van der Waals surface area contributed by atoms with Crippen LogP contribution in [0.2, 0.25) is 5.02 Å². The number of fused-ring (bicyclic) bond motifs is 2. The van der Waals surface area contributed by atoms with Gasteiger partial charge in [0.1, 0.15) is 11.4 Å². The van der Waals surface area contributed by atoms with E-state index in [0.29, 0.717) is 30.4 Å². The van der Waals surface area contributed by atoms with Crippen LogP contribution in [-0.2, 0) is 15.1 Å². The van der Waals surface area contributed by atoms with Gasteiger partial charge in [0.2, 0.25) is 0 Å². The molecule has 2 aromatic carbocycles. The Labute approximate surface area is 174 Å². The summed E-state index contributed by atoms with van der Waals surface area (Å²) < 4.78 is 12.0. The third-order valence-electron chi connectivity index (χ3n) is 6.20. The predicted molar refractivity (Wildman–Crippen MR) is 111 cm³/mol. The standard InChI is InChI=1S/C22H22ClN3O3/c1-26-19(27)22(25-20(26)24)13-21(7-9-28-10-8-21)29-18-6-5-15(12-17(18)22)14-3-2-4-16(23)11-14/h2-6,11-12H,7-10,13H2,1H3,(H2,24,25). The number of guanidine groups is 1. The van der Waals surface area contributed by atoms with Gasteiger partial charge in [0.25, 0.3) is 5.91 Å². The van der Waals surface area contributed by atoms with Gasteiger partial charge in [0, 0.05) is 36.9 Å². The van der Waals surface area contributed by atoms with Crippen molar-refractivity contribution in [1.82, 2.24) is 4.90 Å². The molecule has 150 valence electrons. The molecule has 6 nitrogen and oxygen atoms in total. The topological polar surface area (TPSA) is 77.2 Å². The van der Waals surface area contributed by atoms with Gasteiger partial charge in [-0.3, -0.25) is 9.69 Å². The zero-order chi connectivity index (χ0) is 20.2. The largest absolute Gasteiger partial charge is 0.487 e. The lowest BCUT2D eigenvalue weighted by molar-refractivity contribution is -0.137. The molecule has 2 N–H and O–H groups in total. The Hall–Kier alpha value is -2.57. The Morgan fingerprint density at radius 2 is 1.90 bits per heavy atom. The lowest BCUT2D eigenvalue weighted by atomic mass is 9.73. The van der Waals surface area contributed by atoms with Crippen LogP contribution in [0.15, 0.2) is 47.5 Å². The van der Waals surface area contributed by atoms with Gasteiger partial charge in [-0.2, -0.15) is 0 Å². The number of nitrogens with two attached hydrogens (primary N) is 1. The van der Waals surface area contributed by atoms with Gasteiger partial charge in [-0.05, 0) is 35.4 Å². The molecule has 2 aromatic rings. The van der Waals surface area contributed by atoms with Crippen molar-refractivity contribution in [3.05, 3.63) is 53.1 Å². The molecule has 3 aliphatic rings. The minimum Gasteiger partial charge on any atom is -0.487 e. The molecule has 1 atom stereocenters. The fourth-order valence-corrected chi connectivity index (χ4v) is 4.82. The van der Waals surface area contributed by atoms with Crippen LogP contribution in [-0.4, -0.2) is 42.6 Å². The summed E-state index contributed by atoms with van der Waals surface area (Å²) >= 11 is 6.18. The number of benzene rings is 2. The maximum Gasteiger partial charge on any atom is 0.261 e. The third kappa shape index (κ3) is 2.81. The summed E-state index contributed by atoms with van der Waals surface area (Å²) in [7, 11) is 1.67. The van der Waals surface area contributed by atoms with Gasteiger partial charge in [0.15, 0.2) is 11.5 Å². The number of carbonyl (C=O) groups is 1. The Morgan fingerprint density at radius 3 is 2.59 bits per heavy atom. The monoisotopic (exact) mass is 411 g/mol. The molecule has 0 radical (unpaired) electrons. The summed E-state index contributed by atoms with van der Waals surface area (Å²) in [6.45, 7) is 1.21. The highest BCUT2D eigenvalue weighted by atomic mass is 35.5. The normalized spacial score (nSPS) is 25.1. The molecule has 29 heavy (non-hydrogen) atoms. The van der Waals surface area contributed by atoms with Crippen molar-refractivity contribution in [2.75, 3.05) is 20.3 Å². The van der Waals surface area contributed by atoms with Crippen molar-refractivity contribution in [1.29, 1.82) is 0 Å². The third-order valence-corrected chi connectivity index (χ3v) is 6.43. The van der Waals surface area contributed by atoms with Crippen LogP contribution in [0.5, 0.6) is 5.75 Å². The molecule has 0 aromatic heterocycles. The maximum atomic E-state index is 13.4. The SMILES string of the molecule is CN1C(=O)C2(CC3(CCOCC3)Oc3ccc(-c4cccc(Cl)c4)cc32)N=C1N. The molecular weight excluding hydrogens is 390 g/mol. The van der Waals surface area contributed by atoms with Crippen LogP contribution in [0, 0.1) is 0 Å². The molecule has 3 aliphatic heterocycles. The molecule has 0 bridgehead atoms. The Morgan fingerprint density at radius 1 is 1.14 bits per heavy atom. The number of rotatable bonds is 1. The second kappa shape index (κ2) is 6.47. The maximum absolute atomic E-state index is 13.4. The van der Waals surface area contributed by atoms with E-state index >= 15 is 0 Å². The Balaban J connectivity index is 1.69. The molecule has 1 unspecified atom stereocenters. The van der Waals surface area contributed by atoms with E-state index < -0.39 is 11.1 Å². The van der Waals surface area contributed by atoms with Crippen LogP contribution in [0.25, 0.3) is 11.1 Å². The summed E-state index contributed by atoms with van der Waals surface area (Å²) in [6, 6.07) is 13.5. The highest BCUT2D eigenvalue weighted by molar-refractivity contribution is 6.30. The van der Waals surface area contributed by atoms with E-state index in [-0.39, 0.29) is 11.9 Å². The van der Waals surface area contributed by atoms with Crippen molar-refractivity contribution in [2.24, 2.45) is 10.7 Å². The van der Waals surface area contributed by atoms with Crippen molar-refractivity contribution in [3.63, 3.8) is 0 Å². The molecular formula is C22H22ClN3O3. The van der Waals surface area contributed by atoms with Gasteiger partial charge < -0.3 is 15.2 Å². The van der Waals surface area contributed by atoms with Crippen molar-refractivity contribution < 1.29 is 14.3 Å². The van der Waals surface area contributed by atoms with Gasteiger partial charge in [-0.25, -0.2) is 4.99 Å². The van der Waals surface area contributed by atoms with Gasteiger partial charge in [0.05, 0.1) is 13.2 Å². The Kier molecular flexibility index (Phi) is 4.12. The first-order valence-corrected chi connectivity index (χ1v) is 10.1. The first-order chi connectivity index (χ1) is 13.9. The smallest absolute Gasteiger partial charge is 0.261 e. The summed E-state index contributed by atoms with van der Waals surface area (Å²) in [5, 5.41) is 0.659. The van der Waals surface area contributed by atoms with E-state index in [1.807, 2.05) is 42.5 Å². The predicted octanol–water partition coefficient (Wildman–Crippen LogP) is 3.32. The first kappa shape index (κ1) is 18.5. The number of amides is 1. The average molecular weight is 412 g/mol. The van der Waals surface area contributed by atoms with E-state index in [2.05, 4.69) is 0 Å². The number of ether oxygens (including phenoxy) is 2. The quantitative estimate of drug-likeness (QED) is 0.780. The number of likely N-dealkylation sites (N-methyl/N-ethyl adjacent to an activating group) is 1. The Bertz CT molecular complexity index is 1030. The zero-order valence-corrected chi connectivity index (χ0v) is 16.9. The highest BCUT2D eigenvalue weighted by Gasteiger charge is 2.58. The van der Waals surface area contributed by atoms with Crippen LogP contribution in [0.4, 0.5) is 0 Å². The van der Waals surface area contributed by atoms with Crippen molar-refractivity contribution >= 4 is 23.5 Å². The molecule has 1 fully saturated rings. The zero-order valence-electron chi connectivity index (χ0n) is 16.2. The lowest BCUT2D eigenvalue weighted by Gasteiger charge is -2.46. The molecule has 3 heterocycles. The van der Waals surface area contributed by atoms with E-state index in [1.54, 1.807) is 7.05 Å². The van der Waals surface area contributed by atoms with Gasteiger partial charge >= 0.3 is 0 Å². The summed E-state index contributed by atoms with van der Waals surface area (Å²) in [4.78, 5) is 19.6. The summed E-state index contributed by atoms with van der Waals surface area (Å²) in [6.07, 6.45) is 1.90. The van der Waals surface area contributed by atoms with Crippen LogP contribution in [0.3, 0.4) is 0 Å². The molecule has 5 rings (SSSR count). The molecule has 0 saturated carbocycles. The van der Waals surface area contributed by atoms with Crippen molar-refractivity contribution in [3.8, 4) is 16.9 Å². The molecule has 1 amide bonds. The van der Waals surface area contributed by atoms with E-state index in [4.69, 9.17) is 31.8 Å². The van der Waals surface area contributed by atoms with E-state index in [1.165, 1.54) is 4.90 Å². The number of aliphatic imine (C=N–C) groups is 1. The lowest BCUT2D eigenvalue weighted by Crippen LogP contribution is -2.53. The summed E-state index contributed by atoms with van der Waals surface area (Å²) in [5.41, 5.74) is 7.22. The number of nitrogens with zero attached hydrogens (tertiary/aromatic N) is 2. The van der Waals surface area contributed by atoms with Crippen LogP contribution < -0.4 is 10.5 Å². The van der Waals surface area contributed by atoms with E-state index in [0.717, 1.165) is 29.5 Å². The second-order valence-electron chi connectivity index (χ2n) is 7.99. The number of halogens is 1.